The number of nitrogens with zero attached hydrogens (tertiary/aromatic N) is 3. The van der Waals surface area contributed by atoms with Crippen LogP contribution in [-0.4, -0.2) is 15.1 Å². The molecule has 0 radical (unpaired) electrons. The Morgan fingerprint density at radius 2 is 1.85 bits per heavy atom. The summed E-state index contributed by atoms with van der Waals surface area (Å²) in [5.74, 6) is 0.770. The van der Waals surface area contributed by atoms with Crippen molar-refractivity contribution in [3.05, 3.63) is 52.3 Å². The molecule has 0 N–H and O–H groups in total. The first kappa shape index (κ1) is 13.1. The van der Waals surface area contributed by atoms with E-state index in [1.807, 2.05) is 31.2 Å². The molecule has 0 bridgehead atoms. The normalized spacial score (nSPS) is 10.8. The van der Waals surface area contributed by atoms with Crippen molar-refractivity contribution in [2.45, 2.75) is 6.92 Å². The van der Waals surface area contributed by atoms with E-state index in [0.29, 0.717) is 27.3 Å². The van der Waals surface area contributed by atoms with Crippen LogP contribution in [0.4, 0.5) is 0 Å². The van der Waals surface area contributed by atoms with Gasteiger partial charge in [-0.05, 0) is 19.1 Å². The molecule has 0 aliphatic heterocycles. The summed E-state index contributed by atoms with van der Waals surface area (Å²) in [6.07, 6.45) is 2.98. The molecule has 0 atom stereocenters. The van der Waals surface area contributed by atoms with Gasteiger partial charge in [0, 0.05) is 18.0 Å². The largest absolute Gasteiger partial charge is 0.334 e. The van der Waals surface area contributed by atoms with E-state index < -0.39 is 0 Å². The zero-order valence-electron chi connectivity index (χ0n) is 10.5. The number of hydrogen-bond acceptors (Lipinski definition) is 4. The van der Waals surface area contributed by atoms with Crippen LogP contribution in [0.15, 0.2) is 41.2 Å². The van der Waals surface area contributed by atoms with Crippen molar-refractivity contribution < 1.29 is 4.52 Å². The third-order valence-corrected chi connectivity index (χ3v) is 3.34. The van der Waals surface area contributed by atoms with Gasteiger partial charge in [-0.2, -0.15) is 4.98 Å². The van der Waals surface area contributed by atoms with Crippen LogP contribution >= 0.6 is 23.2 Å². The maximum absolute atomic E-state index is 6.08. The van der Waals surface area contributed by atoms with Gasteiger partial charge in [-0.15, -0.1) is 0 Å². The fourth-order valence-corrected chi connectivity index (χ4v) is 2.38. The molecule has 0 unspecified atom stereocenters. The summed E-state index contributed by atoms with van der Waals surface area (Å²) in [6, 6.07) is 7.80. The van der Waals surface area contributed by atoms with Crippen molar-refractivity contribution in [1.82, 2.24) is 15.1 Å². The van der Waals surface area contributed by atoms with Crippen molar-refractivity contribution >= 4 is 23.2 Å². The van der Waals surface area contributed by atoms with Gasteiger partial charge in [-0.3, -0.25) is 4.98 Å². The predicted molar refractivity (Wildman–Crippen MR) is 77.7 cm³/mol. The molecule has 0 amide bonds. The molecule has 0 aliphatic rings. The Kier molecular flexibility index (Phi) is 3.42. The van der Waals surface area contributed by atoms with Crippen LogP contribution in [0.3, 0.4) is 0 Å². The summed E-state index contributed by atoms with van der Waals surface area (Å²) in [7, 11) is 0. The quantitative estimate of drug-likeness (QED) is 0.703. The Bertz CT molecular complexity index is 750. The van der Waals surface area contributed by atoms with Crippen LogP contribution < -0.4 is 0 Å². The van der Waals surface area contributed by atoms with E-state index in [-0.39, 0.29) is 0 Å². The van der Waals surface area contributed by atoms with E-state index >= 15 is 0 Å². The van der Waals surface area contributed by atoms with Crippen molar-refractivity contribution in [2.24, 2.45) is 0 Å². The van der Waals surface area contributed by atoms with Gasteiger partial charge in [0.15, 0.2) is 0 Å². The molecule has 2 aromatic heterocycles. The first-order chi connectivity index (χ1) is 9.65. The second-order valence-electron chi connectivity index (χ2n) is 4.27. The highest BCUT2D eigenvalue weighted by atomic mass is 35.5. The van der Waals surface area contributed by atoms with Gasteiger partial charge in [0.1, 0.15) is 0 Å². The molecule has 20 heavy (non-hydrogen) atoms. The number of halogens is 2. The number of pyridine rings is 1. The summed E-state index contributed by atoms with van der Waals surface area (Å²) < 4.78 is 5.27. The molecular formula is C14H9Cl2N3O. The number of aromatic nitrogens is 3. The summed E-state index contributed by atoms with van der Waals surface area (Å²) in [5, 5.41) is 4.70. The Labute approximate surface area is 125 Å². The van der Waals surface area contributed by atoms with Crippen molar-refractivity contribution in [1.29, 1.82) is 0 Å². The summed E-state index contributed by atoms with van der Waals surface area (Å²) in [6.45, 7) is 2.00. The lowest BCUT2D eigenvalue weighted by Gasteiger charge is -1.99. The van der Waals surface area contributed by atoms with Gasteiger partial charge in [0.2, 0.25) is 5.82 Å². The Morgan fingerprint density at radius 3 is 2.55 bits per heavy atom. The van der Waals surface area contributed by atoms with Crippen molar-refractivity contribution in [3.8, 4) is 22.8 Å². The minimum Gasteiger partial charge on any atom is -0.334 e. The lowest BCUT2D eigenvalue weighted by molar-refractivity contribution is 0.432. The SMILES string of the molecule is Cc1cccc(-c2nc(-c3c(Cl)cncc3Cl)no2)c1. The van der Waals surface area contributed by atoms with Gasteiger partial charge in [0.25, 0.3) is 5.89 Å². The highest BCUT2D eigenvalue weighted by Crippen LogP contribution is 2.32. The molecule has 0 spiro atoms. The average Bonchev–Trinajstić information content (AvgIpc) is 2.88. The third-order valence-electron chi connectivity index (χ3n) is 2.77. The lowest BCUT2D eigenvalue weighted by atomic mass is 10.1. The molecule has 6 heteroatoms. The predicted octanol–water partition coefficient (Wildman–Crippen LogP) is 4.41. The zero-order valence-corrected chi connectivity index (χ0v) is 12.0. The highest BCUT2D eigenvalue weighted by Gasteiger charge is 2.16. The minimum absolute atomic E-state index is 0.346. The van der Waals surface area contributed by atoms with Crippen LogP contribution in [0, 0.1) is 6.92 Å². The molecule has 0 saturated heterocycles. The van der Waals surface area contributed by atoms with E-state index in [0.717, 1.165) is 11.1 Å². The smallest absolute Gasteiger partial charge is 0.258 e. The maximum Gasteiger partial charge on any atom is 0.258 e. The monoisotopic (exact) mass is 305 g/mol. The topological polar surface area (TPSA) is 51.8 Å². The number of benzene rings is 1. The second-order valence-corrected chi connectivity index (χ2v) is 5.09. The second kappa shape index (κ2) is 5.23. The van der Waals surface area contributed by atoms with Gasteiger partial charge in [0.05, 0.1) is 15.6 Å². The van der Waals surface area contributed by atoms with E-state index in [2.05, 4.69) is 15.1 Å². The van der Waals surface area contributed by atoms with Gasteiger partial charge in [-0.25, -0.2) is 0 Å². The molecule has 4 nitrogen and oxygen atoms in total. The van der Waals surface area contributed by atoms with E-state index in [1.165, 1.54) is 12.4 Å². The number of aryl methyl sites for hydroxylation is 1. The third kappa shape index (κ3) is 2.40. The van der Waals surface area contributed by atoms with Gasteiger partial charge < -0.3 is 4.52 Å². The molecule has 3 aromatic rings. The van der Waals surface area contributed by atoms with E-state index in [1.54, 1.807) is 0 Å². The highest BCUT2D eigenvalue weighted by molar-refractivity contribution is 6.38. The molecule has 2 heterocycles. The molecular weight excluding hydrogens is 297 g/mol. The van der Waals surface area contributed by atoms with Crippen LogP contribution in [0.1, 0.15) is 5.56 Å². The van der Waals surface area contributed by atoms with Crippen LogP contribution in [0.2, 0.25) is 10.0 Å². The standard InChI is InChI=1S/C14H9Cl2N3O/c1-8-3-2-4-9(5-8)14-18-13(19-20-14)12-10(15)6-17-7-11(12)16/h2-7H,1H3. The van der Waals surface area contributed by atoms with E-state index in [9.17, 15) is 0 Å². The molecule has 0 saturated carbocycles. The summed E-state index contributed by atoms with van der Waals surface area (Å²) in [4.78, 5) is 8.24. The number of hydrogen-bond donors (Lipinski definition) is 0. The Hall–Kier alpha value is -1.91. The first-order valence-corrected chi connectivity index (χ1v) is 6.61. The molecule has 3 rings (SSSR count). The van der Waals surface area contributed by atoms with Crippen LogP contribution in [0.5, 0.6) is 0 Å². The van der Waals surface area contributed by atoms with Gasteiger partial charge >= 0.3 is 0 Å². The summed E-state index contributed by atoms with van der Waals surface area (Å²) >= 11 is 12.2. The molecule has 100 valence electrons. The number of rotatable bonds is 2. The lowest BCUT2D eigenvalue weighted by Crippen LogP contribution is -1.86. The molecule has 1 aromatic carbocycles. The zero-order chi connectivity index (χ0) is 14.1. The van der Waals surface area contributed by atoms with Crippen LogP contribution in [-0.2, 0) is 0 Å². The minimum atomic E-state index is 0.346. The summed E-state index contributed by atoms with van der Waals surface area (Å²) in [5.41, 5.74) is 2.48. The van der Waals surface area contributed by atoms with Crippen molar-refractivity contribution in [2.75, 3.05) is 0 Å². The fraction of sp³-hybridized carbons (Fsp3) is 0.0714. The van der Waals surface area contributed by atoms with E-state index in [4.69, 9.17) is 27.7 Å². The fourth-order valence-electron chi connectivity index (χ4n) is 1.85. The first-order valence-electron chi connectivity index (χ1n) is 5.85. The van der Waals surface area contributed by atoms with Crippen LogP contribution in [0.25, 0.3) is 22.8 Å². The average molecular weight is 306 g/mol. The van der Waals surface area contributed by atoms with Gasteiger partial charge in [-0.1, -0.05) is 46.1 Å². The molecule has 0 fully saturated rings. The Balaban J connectivity index is 2.07. The Morgan fingerprint density at radius 1 is 1.10 bits per heavy atom. The van der Waals surface area contributed by atoms with Crippen molar-refractivity contribution in [3.63, 3.8) is 0 Å². The molecule has 0 aliphatic carbocycles. The maximum atomic E-state index is 6.08.